The number of halogens is 1. The lowest BCUT2D eigenvalue weighted by Crippen LogP contribution is -2.01. The third-order valence-corrected chi connectivity index (χ3v) is 3.50. The van der Waals surface area contributed by atoms with Crippen molar-refractivity contribution in [3.05, 3.63) is 64.2 Å². The van der Waals surface area contributed by atoms with Gasteiger partial charge in [-0.15, -0.1) is 10.2 Å². The van der Waals surface area contributed by atoms with Crippen LogP contribution in [0.15, 0.2) is 56.0 Å². The number of carbonyl (C=O) groups excluding carboxylic acids is 1. The second kappa shape index (κ2) is 7.59. The van der Waals surface area contributed by atoms with Crippen LogP contribution in [-0.2, 0) is 16.1 Å². The summed E-state index contributed by atoms with van der Waals surface area (Å²) in [6.07, 6.45) is 2.75. The van der Waals surface area contributed by atoms with Crippen LogP contribution in [0.1, 0.15) is 17.0 Å². The Labute approximate surface area is 150 Å². The summed E-state index contributed by atoms with van der Waals surface area (Å²) in [5.41, 5.74) is 1.10. The minimum Gasteiger partial charge on any atom is -0.452 e. The van der Waals surface area contributed by atoms with Gasteiger partial charge in [0.1, 0.15) is 0 Å². The van der Waals surface area contributed by atoms with E-state index in [1.807, 2.05) is 6.07 Å². The van der Waals surface area contributed by atoms with E-state index >= 15 is 0 Å². The maximum Gasteiger partial charge on any atom is 0.331 e. The quantitative estimate of drug-likeness (QED) is 0.475. The molecule has 0 fully saturated rings. The van der Waals surface area contributed by atoms with Crippen LogP contribution in [0.5, 0.6) is 0 Å². The van der Waals surface area contributed by atoms with Crippen molar-refractivity contribution in [3.63, 3.8) is 0 Å². The number of benzene rings is 1. The van der Waals surface area contributed by atoms with Gasteiger partial charge in [0.25, 0.3) is 11.8 Å². The molecule has 0 amide bonds. The summed E-state index contributed by atoms with van der Waals surface area (Å²) in [5.74, 6) is 0.148. The number of furan rings is 1. The summed E-state index contributed by atoms with van der Waals surface area (Å²) < 4.78 is 16.2. The molecule has 0 saturated carbocycles. The molecule has 3 rings (SSSR count). The number of esters is 1. The summed E-state index contributed by atoms with van der Waals surface area (Å²) in [4.78, 5) is 11.8. The van der Waals surface area contributed by atoms with Crippen molar-refractivity contribution in [2.75, 3.05) is 0 Å². The summed E-state index contributed by atoms with van der Waals surface area (Å²) in [6.45, 7) is -0.169. The predicted octanol–water partition coefficient (Wildman–Crippen LogP) is 3.72. The molecular formula is C17H10BrN3O4. The summed E-state index contributed by atoms with van der Waals surface area (Å²) in [6, 6.07) is 12.3. The van der Waals surface area contributed by atoms with Gasteiger partial charge in [-0.3, -0.25) is 0 Å². The van der Waals surface area contributed by atoms with Crippen LogP contribution in [0.25, 0.3) is 17.7 Å². The zero-order chi connectivity index (χ0) is 17.6. The average Bonchev–Trinajstić information content (AvgIpc) is 3.27. The third-order valence-electron chi connectivity index (χ3n) is 3.07. The van der Waals surface area contributed by atoms with Crippen molar-refractivity contribution in [1.82, 2.24) is 10.2 Å². The molecule has 0 spiro atoms. The van der Waals surface area contributed by atoms with Crippen molar-refractivity contribution in [1.29, 1.82) is 5.26 Å². The molecule has 0 aliphatic rings. The van der Waals surface area contributed by atoms with Crippen molar-refractivity contribution < 1.29 is 18.4 Å². The van der Waals surface area contributed by atoms with E-state index in [2.05, 4.69) is 26.1 Å². The minimum atomic E-state index is -0.590. The number of hydrogen-bond donors (Lipinski definition) is 0. The van der Waals surface area contributed by atoms with Gasteiger partial charge in [-0.25, -0.2) is 4.79 Å². The molecule has 2 heterocycles. The predicted molar refractivity (Wildman–Crippen MR) is 89.7 cm³/mol. The molecular weight excluding hydrogens is 390 g/mol. The average molecular weight is 400 g/mol. The van der Waals surface area contributed by atoms with Crippen molar-refractivity contribution in [2.24, 2.45) is 0 Å². The number of hydrogen-bond acceptors (Lipinski definition) is 7. The van der Waals surface area contributed by atoms with Crippen LogP contribution >= 0.6 is 15.9 Å². The molecule has 0 bridgehead atoms. The Morgan fingerprint density at radius 3 is 2.84 bits per heavy atom. The Kier molecular flexibility index (Phi) is 5.06. The van der Waals surface area contributed by atoms with Gasteiger partial charge < -0.3 is 13.6 Å². The van der Waals surface area contributed by atoms with Gasteiger partial charge in [-0.05, 0) is 45.8 Å². The topological polar surface area (TPSA) is 102 Å². The number of nitrogens with zero attached hydrogens (tertiary/aromatic N) is 3. The highest BCUT2D eigenvalue weighted by atomic mass is 79.9. The lowest BCUT2D eigenvalue weighted by molar-refractivity contribution is -0.139. The fourth-order valence-corrected chi connectivity index (χ4v) is 2.23. The molecule has 0 aliphatic heterocycles. The van der Waals surface area contributed by atoms with Crippen LogP contribution in [0, 0.1) is 11.3 Å². The molecule has 0 unspecified atom stereocenters. The molecule has 25 heavy (non-hydrogen) atoms. The summed E-state index contributed by atoms with van der Waals surface area (Å²) in [7, 11) is 0. The standard InChI is InChI=1S/C17H10BrN3O4/c18-14-7-6-13(24-14)17-21-20-15(25-17)10-23-16(22)8-5-11-3-1-2-4-12(11)9-19/h1-8H,10H2/b8-5+. The van der Waals surface area contributed by atoms with Crippen molar-refractivity contribution >= 4 is 28.0 Å². The lowest BCUT2D eigenvalue weighted by Gasteiger charge is -1.98. The van der Waals surface area contributed by atoms with Gasteiger partial charge in [0.2, 0.25) is 0 Å². The van der Waals surface area contributed by atoms with E-state index in [1.165, 1.54) is 12.2 Å². The molecule has 2 aromatic heterocycles. The lowest BCUT2D eigenvalue weighted by atomic mass is 10.1. The fraction of sp³-hybridized carbons (Fsp3) is 0.0588. The molecule has 7 nitrogen and oxygen atoms in total. The maximum atomic E-state index is 11.8. The molecule has 0 aliphatic carbocycles. The molecule has 0 saturated heterocycles. The van der Waals surface area contributed by atoms with Gasteiger partial charge >= 0.3 is 5.97 Å². The van der Waals surface area contributed by atoms with E-state index < -0.39 is 5.97 Å². The zero-order valence-corrected chi connectivity index (χ0v) is 14.3. The maximum absolute atomic E-state index is 11.8. The van der Waals surface area contributed by atoms with E-state index in [-0.39, 0.29) is 18.4 Å². The highest BCUT2D eigenvalue weighted by molar-refractivity contribution is 9.10. The molecule has 124 valence electrons. The Balaban J connectivity index is 1.59. The molecule has 0 N–H and O–H groups in total. The first-order valence-electron chi connectivity index (χ1n) is 7.08. The van der Waals surface area contributed by atoms with Gasteiger partial charge in [-0.1, -0.05) is 18.2 Å². The van der Waals surface area contributed by atoms with Crippen LogP contribution in [0.3, 0.4) is 0 Å². The second-order valence-corrected chi connectivity index (χ2v) is 5.53. The van der Waals surface area contributed by atoms with Gasteiger partial charge in [0.15, 0.2) is 17.0 Å². The second-order valence-electron chi connectivity index (χ2n) is 4.74. The van der Waals surface area contributed by atoms with Crippen molar-refractivity contribution in [2.45, 2.75) is 6.61 Å². The van der Waals surface area contributed by atoms with Crippen LogP contribution in [0.4, 0.5) is 0 Å². The molecule has 1 aromatic carbocycles. The van der Waals surface area contributed by atoms with Crippen LogP contribution in [-0.4, -0.2) is 16.2 Å². The summed E-state index contributed by atoms with van der Waals surface area (Å²) >= 11 is 3.18. The van der Waals surface area contributed by atoms with Gasteiger partial charge in [-0.2, -0.15) is 5.26 Å². The van der Waals surface area contributed by atoms with Gasteiger partial charge in [0, 0.05) is 6.08 Å². The first-order valence-corrected chi connectivity index (χ1v) is 7.87. The highest BCUT2D eigenvalue weighted by Gasteiger charge is 2.13. The largest absolute Gasteiger partial charge is 0.452 e. The number of ether oxygens (including phenoxy) is 1. The van der Waals surface area contributed by atoms with E-state index in [0.29, 0.717) is 21.6 Å². The van der Waals surface area contributed by atoms with E-state index in [1.54, 1.807) is 36.4 Å². The first kappa shape index (κ1) is 16.7. The van der Waals surface area contributed by atoms with E-state index in [9.17, 15) is 4.79 Å². The highest BCUT2D eigenvalue weighted by Crippen LogP contribution is 2.23. The number of rotatable bonds is 5. The Morgan fingerprint density at radius 1 is 1.24 bits per heavy atom. The zero-order valence-electron chi connectivity index (χ0n) is 12.7. The Hall–Kier alpha value is -3.18. The Morgan fingerprint density at radius 2 is 2.08 bits per heavy atom. The SMILES string of the molecule is N#Cc1ccccc1/C=C/C(=O)OCc1nnc(-c2ccc(Br)o2)o1. The number of aromatic nitrogens is 2. The van der Waals surface area contributed by atoms with Gasteiger partial charge in [0.05, 0.1) is 11.6 Å². The minimum absolute atomic E-state index is 0.140. The monoisotopic (exact) mass is 399 g/mol. The normalized spacial score (nSPS) is 10.7. The third kappa shape index (κ3) is 4.22. The van der Waals surface area contributed by atoms with Crippen LogP contribution in [0.2, 0.25) is 0 Å². The number of carbonyl (C=O) groups is 1. The first-order chi connectivity index (χ1) is 12.2. The molecule has 0 atom stereocenters. The Bertz CT molecular complexity index is 968. The van der Waals surface area contributed by atoms with E-state index in [4.69, 9.17) is 18.8 Å². The van der Waals surface area contributed by atoms with E-state index in [0.717, 1.165) is 0 Å². The summed E-state index contributed by atoms with van der Waals surface area (Å²) in [5, 5.41) is 16.6. The van der Waals surface area contributed by atoms with Crippen LogP contribution < -0.4 is 0 Å². The molecule has 8 heteroatoms. The smallest absolute Gasteiger partial charge is 0.331 e. The number of nitriles is 1. The molecule has 3 aromatic rings. The molecule has 0 radical (unpaired) electrons. The van der Waals surface area contributed by atoms with Crippen molar-refractivity contribution in [3.8, 4) is 17.7 Å². The fourth-order valence-electron chi connectivity index (χ4n) is 1.92.